The third-order valence-corrected chi connectivity index (χ3v) is 5.25. The zero-order chi connectivity index (χ0) is 15.9. The molecule has 1 aromatic rings. The molecule has 0 heterocycles. The molecule has 0 spiro atoms. The molecular weight excluding hydrogens is 284 g/mol. The molecule has 0 aromatic heterocycles. The molecule has 1 rings (SSSR count). The van der Waals surface area contributed by atoms with Gasteiger partial charge in [0, 0.05) is 6.54 Å². The number of hydrogen-bond donors (Lipinski definition) is 2. The molecule has 0 radical (unpaired) electrons. The van der Waals surface area contributed by atoms with E-state index in [2.05, 4.69) is 37.7 Å². The first-order chi connectivity index (χ1) is 9.86. The van der Waals surface area contributed by atoms with E-state index < -0.39 is 10.0 Å². The quantitative estimate of drug-likeness (QED) is 0.689. The van der Waals surface area contributed by atoms with Gasteiger partial charge in [-0.1, -0.05) is 39.8 Å². The van der Waals surface area contributed by atoms with Crippen molar-refractivity contribution >= 4 is 10.0 Å². The zero-order valence-electron chi connectivity index (χ0n) is 13.5. The minimum Gasteiger partial charge on any atom is -0.317 e. The fourth-order valence-corrected chi connectivity index (χ4v) is 2.95. The Morgan fingerprint density at radius 3 is 2.24 bits per heavy atom. The van der Waals surface area contributed by atoms with Gasteiger partial charge in [-0.25, -0.2) is 13.1 Å². The van der Waals surface area contributed by atoms with Crippen LogP contribution >= 0.6 is 0 Å². The van der Waals surface area contributed by atoms with Crippen LogP contribution in [0.2, 0.25) is 0 Å². The third-order valence-electron chi connectivity index (χ3n) is 3.81. The highest BCUT2D eigenvalue weighted by Gasteiger charge is 2.16. The highest BCUT2D eigenvalue weighted by molar-refractivity contribution is 7.89. The summed E-state index contributed by atoms with van der Waals surface area (Å²) in [6.45, 7) is 10.6. The first kappa shape index (κ1) is 18.1. The van der Waals surface area contributed by atoms with Crippen molar-refractivity contribution in [2.24, 2.45) is 11.8 Å². The van der Waals surface area contributed by atoms with Crippen LogP contribution in [0.4, 0.5) is 0 Å². The maximum absolute atomic E-state index is 12.2. The summed E-state index contributed by atoms with van der Waals surface area (Å²) in [5.74, 6) is 0.778. The summed E-state index contributed by atoms with van der Waals surface area (Å²) in [5.41, 5.74) is 1.14. The normalized spacial score (nSPS) is 13.6. The van der Waals surface area contributed by atoms with Crippen LogP contribution in [-0.4, -0.2) is 28.1 Å². The van der Waals surface area contributed by atoms with Crippen molar-refractivity contribution in [1.29, 1.82) is 0 Å². The molecule has 0 fully saturated rings. The Balaban J connectivity index is 2.62. The number of benzene rings is 1. The summed E-state index contributed by atoms with van der Waals surface area (Å²) in [6.07, 6.45) is 0.909. The summed E-state index contributed by atoms with van der Waals surface area (Å²) >= 11 is 0. The maximum Gasteiger partial charge on any atom is 0.240 e. The van der Waals surface area contributed by atoms with E-state index in [0.717, 1.165) is 25.1 Å². The zero-order valence-corrected chi connectivity index (χ0v) is 14.3. The number of likely N-dealkylation sites (N-methyl/N-ethyl adjacent to an activating group) is 1. The van der Waals surface area contributed by atoms with E-state index in [1.54, 1.807) is 12.1 Å². The summed E-state index contributed by atoms with van der Waals surface area (Å²) in [7, 11) is -3.40. The molecular formula is C16H28N2O2S. The monoisotopic (exact) mass is 312 g/mol. The van der Waals surface area contributed by atoms with Gasteiger partial charge in [0.15, 0.2) is 0 Å². The van der Waals surface area contributed by atoms with E-state index in [1.807, 2.05) is 12.1 Å². The number of sulfonamides is 1. The topological polar surface area (TPSA) is 58.2 Å². The van der Waals surface area contributed by atoms with Crippen LogP contribution in [0, 0.1) is 11.8 Å². The molecule has 5 heteroatoms. The van der Waals surface area contributed by atoms with Crippen LogP contribution in [0.25, 0.3) is 0 Å². The van der Waals surface area contributed by atoms with Gasteiger partial charge in [-0.2, -0.15) is 0 Å². The summed E-state index contributed by atoms with van der Waals surface area (Å²) in [5, 5.41) is 3.25. The van der Waals surface area contributed by atoms with Gasteiger partial charge in [-0.05, 0) is 49.0 Å². The van der Waals surface area contributed by atoms with Gasteiger partial charge in [0.2, 0.25) is 10.0 Å². The van der Waals surface area contributed by atoms with E-state index in [9.17, 15) is 8.42 Å². The number of rotatable bonds is 9. The average Bonchev–Trinajstić information content (AvgIpc) is 2.45. The molecule has 1 atom stereocenters. The van der Waals surface area contributed by atoms with Gasteiger partial charge in [-0.3, -0.25) is 0 Å². The molecule has 0 saturated carbocycles. The molecule has 120 valence electrons. The predicted molar refractivity (Wildman–Crippen MR) is 87.9 cm³/mol. The lowest BCUT2D eigenvalue weighted by Crippen LogP contribution is -2.30. The average molecular weight is 312 g/mol. The largest absolute Gasteiger partial charge is 0.317 e. The molecule has 0 aliphatic rings. The van der Waals surface area contributed by atoms with Crippen molar-refractivity contribution < 1.29 is 8.42 Å². The third kappa shape index (κ3) is 6.16. The van der Waals surface area contributed by atoms with E-state index in [1.165, 1.54) is 0 Å². The lowest BCUT2D eigenvalue weighted by atomic mass is 9.99. The Morgan fingerprint density at radius 1 is 1.10 bits per heavy atom. The molecule has 1 aromatic carbocycles. The second-order valence-electron chi connectivity index (χ2n) is 5.82. The first-order valence-corrected chi connectivity index (χ1v) is 9.14. The lowest BCUT2D eigenvalue weighted by molar-refractivity contribution is 0.414. The minimum absolute atomic E-state index is 0.319. The Bertz CT molecular complexity index is 510. The molecule has 21 heavy (non-hydrogen) atoms. The SMILES string of the molecule is CCNCCc1ccc(S(=O)(=O)NCC(C)C(C)C)cc1. The van der Waals surface area contributed by atoms with Crippen LogP contribution in [0.15, 0.2) is 29.2 Å². The van der Waals surface area contributed by atoms with Crippen LogP contribution in [0.5, 0.6) is 0 Å². The first-order valence-electron chi connectivity index (χ1n) is 7.66. The summed E-state index contributed by atoms with van der Waals surface area (Å²) in [4.78, 5) is 0.339. The number of hydrogen-bond acceptors (Lipinski definition) is 3. The van der Waals surface area contributed by atoms with Crippen molar-refractivity contribution in [3.8, 4) is 0 Å². The molecule has 4 nitrogen and oxygen atoms in total. The van der Waals surface area contributed by atoms with Crippen LogP contribution in [0.1, 0.15) is 33.3 Å². The molecule has 0 bridgehead atoms. The molecule has 0 amide bonds. The van der Waals surface area contributed by atoms with Crippen molar-refractivity contribution in [2.45, 2.75) is 39.0 Å². The Morgan fingerprint density at radius 2 is 1.71 bits per heavy atom. The lowest BCUT2D eigenvalue weighted by Gasteiger charge is -2.16. The standard InChI is InChI=1S/C16H28N2O2S/c1-5-17-11-10-15-6-8-16(9-7-15)21(19,20)18-12-14(4)13(2)3/h6-9,13-14,17-18H,5,10-12H2,1-4H3. The molecule has 0 saturated heterocycles. The van der Waals surface area contributed by atoms with Crippen LogP contribution in [-0.2, 0) is 16.4 Å². The van der Waals surface area contributed by atoms with Crippen molar-refractivity contribution in [2.75, 3.05) is 19.6 Å². The fraction of sp³-hybridized carbons (Fsp3) is 0.625. The second kappa shape index (κ2) is 8.51. The van der Waals surface area contributed by atoms with Gasteiger partial charge in [0.05, 0.1) is 4.90 Å². The highest BCUT2D eigenvalue weighted by atomic mass is 32.2. The fourth-order valence-electron chi connectivity index (χ4n) is 1.80. The smallest absolute Gasteiger partial charge is 0.240 e. The molecule has 1 unspecified atom stereocenters. The maximum atomic E-state index is 12.2. The van der Waals surface area contributed by atoms with E-state index in [0.29, 0.717) is 23.3 Å². The van der Waals surface area contributed by atoms with E-state index in [-0.39, 0.29) is 0 Å². The molecule has 0 aliphatic heterocycles. The Labute approximate surface area is 129 Å². The highest BCUT2D eigenvalue weighted by Crippen LogP contribution is 2.13. The second-order valence-corrected chi connectivity index (χ2v) is 7.59. The molecule has 0 aliphatic carbocycles. The molecule has 2 N–H and O–H groups in total. The predicted octanol–water partition coefficient (Wildman–Crippen LogP) is 2.41. The van der Waals surface area contributed by atoms with Gasteiger partial charge >= 0.3 is 0 Å². The van der Waals surface area contributed by atoms with Crippen molar-refractivity contribution in [3.05, 3.63) is 29.8 Å². The van der Waals surface area contributed by atoms with E-state index in [4.69, 9.17) is 0 Å². The van der Waals surface area contributed by atoms with Gasteiger partial charge in [0.1, 0.15) is 0 Å². The van der Waals surface area contributed by atoms with Gasteiger partial charge in [0.25, 0.3) is 0 Å². The minimum atomic E-state index is -3.40. The Hall–Kier alpha value is -0.910. The Kier molecular flexibility index (Phi) is 7.35. The van der Waals surface area contributed by atoms with Gasteiger partial charge in [-0.15, -0.1) is 0 Å². The van der Waals surface area contributed by atoms with Crippen LogP contribution < -0.4 is 10.0 Å². The summed E-state index contributed by atoms with van der Waals surface area (Å²) < 4.78 is 27.1. The van der Waals surface area contributed by atoms with E-state index >= 15 is 0 Å². The van der Waals surface area contributed by atoms with Crippen molar-refractivity contribution in [1.82, 2.24) is 10.0 Å². The summed E-state index contributed by atoms with van der Waals surface area (Å²) in [6, 6.07) is 7.14. The van der Waals surface area contributed by atoms with Crippen LogP contribution in [0.3, 0.4) is 0 Å². The van der Waals surface area contributed by atoms with Crippen molar-refractivity contribution in [3.63, 3.8) is 0 Å². The number of nitrogens with one attached hydrogen (secondary N) is 2. The van der Waals surface area contributed by atoms with Gasteiger partial charge < -0.3 is 5.32 Å².